The summed E-state index contributed by atoms with van der Waals surface area (Å²) in [5.41, 5.74) is -2.00. The van der Waals surface area contributed by atoms with Crippen molar-refractivity contribution in [2.45, 2.75) is 52.7 Å². The standard InChI is InChI=1S/C16H22BrFN2O5/c1-15(2,3)24-13(21)20(14(22)25-16(4,5)6)10-8-9(18)11(17)19-12(10)23-7/h8H,1-7H3. The van der Waals surface area contributed by atoms with Crippen molar-refractivity contribution in [1.29, 1.82) is 0 Å². The Bertz CT molecular complexity index is 640. The highest BCUT2D eigenvalue weighted by Crippen LogP contribution is 2.32. The molecule has 0 aliphatic carbocycles. The molecule has 1 aromatic heterocycles. The van der Waals surface area contributed by atoms with Gasteiger partial charge in [-0.15, -0.1) is 0 Å². The van der Waals surface area contributed by atoms with Gasteiger partial charge in [-0.1, -0.05) is 0 Å². The van der Waals surface area contributed by atoms with Crippen LogP contribution in [0.3, 0.4) is 0 Å². The van der Waals surface area contributed by atoms with Crippen molar-refractivity contribution in [2.75, 3.05) is 12.0 Å². The highest BCUT2D eigenvalue weighted by Gasteiger charge is 2.35. The maximum Gasteiger partial charge on any atom is 0.424 e. The number of carbonyl (C=O) groups is 2. The van der Waals surface area contributed by atoms with Crippen LogP contribution in [0.25, 0.3) is 0 Å². The van der Waals surface area contributed by atoms with E-state index in [9.17, 15) is 14.0 Å². The molecule has 0 unspecified atom stereocenters. The van der Waals surface area contributed by atoms with Crippen LogP contribution in [0.15, 0.2) is 10.7 Å². The lowest BCUT2D eigenvalue weighted by Crippen LogP contribution is -2.44. The van der Waals surface area contributed by atoms with E-state index in [4.69, 9.17) is 14.2 Å². The van der Waals surface area contributed by atoms with Crippen LogP contribution in [0, 0.1) is 5.82 Å². The van der Waals surface area contributed by atoms with E-state index in [2.05, 4.69) is 20.9 Å². The third kappa shape index (κ3) is 6.15. The van der Waals surface area contributed by atoms with Crippen molar-refractivity contribution in [1.82, 2.24) is 4.98 Å². The maximum atomic E-state index is 14.0. The average molecular weight is 421 g/mol. The quantitative estimate of drug-likeness (QED) is 0.646. The second-order valence-electron chi connectivity index (χ2n) is 7.09. The first-order valence-electron chi connectivity index (χ1n) is 7.41. The van der Waals surface area contributed by atoms with Gasteiger partial charge in [0.1, 0.15) is 21.5 Å². The summed E-state index contributed by atoms with van der Waals surface area (Å²) in [6.45, 7) is 9.81. The number of halogens is 2. The molecule has 2 amide bonds. The monoisotopic (exact) mass is 420 g/mol. The lowest BCUT2D eigenvalue weighted by molar-refractivity contribution is 0.0429. The molecule has 0 N–H and O–H groups in total. The fourth-order valence-corrected chi connectivity index (χ4v) is 1.91. The van der Waals surface area contributed by atoms with Crippen LogP contribution in [-0.2, 0) is 9.47 Å². The van der Waals surface area contributed by atoms with Crippen molar-refractivity contribution in [2.24, 2.45) is 0 Å². The first-order chi connectivity index (χ1) is 11.2. The minimum absolute atomic E-state index is 0.124. The molecule has 0 fully saturated rings. The molecule has 1 heterocycles. The number of carbonyl (C=O) groups excluding carboxylic acids is 2. The minimum atomic E-state index is -1.04. The van der Waals surface area contributed by atoms with Gasteiger partial charge in [0, 0.05) is 6.07 Å². The molecule has 0 saturated carbocycles. The summed E-state index contributed by atoms with van der Waals surface area (Å²) in [6.07, 6.45) is -2.08. The molecule has 0 aromatic carbocycles. The van der Waals surface area contributed by atoms with Crippen LogP contribution in [0.1, 0.15) is 41.5 Å². The van der Waals surface area contributed by atoms with Crippen LogP contribution in [0.5, 0.6) is 5.88 Å². The lowest BCUT2D eigenvalue weighted by Gasteiger charge is -2.29. The van der Waals surface area contributed by atoms with E-state index in [0.717, 1.165) is 6.07 Å². The number of rotatable bonds is 2. The Morgan fingerprint density at radius 1 is 1.08 bits per heavy atom. The number of hydrogen-bond donors (Lipinski definition) is 0. The SMILES string of the molecule is COc1nc(Br)c(F)cc1N(C(=O)OC(C)(C)C)C(=O)OC(C)(C)C. The number of pyridine rings is 1. The molecule has 140 valence electrons. The summed E-state index contributed by atoms with van der Waals surface area (Å²) in [5, 5.41) is 0. The van der Waals surface area contributed by atoms with E-state index in [1.165, 1.54) is 7.11 Å². The molecule has 0 aliphatic heterocycles. The Morgan fingerprint density at radius 2 is 1.52 bits per heavy atom. The highest BCUT2D eigenvalue weighted by molar-refractivity contribution is 9.10. The largest absolute Gasteiger partial charge is 0.479 e. The highest BCUT2D eigenvalue weighted by atomic mass is 79.9. The van der Waals surface area contributed by atoms with E-state index >= 15 is 0 Å². The van der Waals surface area contributed by atoms with E-state index in [-0.39, 0.29) is 16.2 Å². The topological polar surface area (TPSA) is 78.0 Å². The maximum absolute atomic E-state index is 14.0. The van der Waals surface area contributed by atoms with Crippen molar-refractivity contribution in [3.63, 3.8) is 0 Å². The molecule has 0 atom stereocenters. The van der Waals surface area contributed by atoms with Gasteiger partial charge in [0.05, 0.1) is 7.11 Å². The number of amides is 2. The number of nitrogens with zero attached hydrogens (tertiary/aromatic N) is 2. The third-order valence-electron chi connectivity index (χ3n) is 2.47. The minimum Gasteiger partial charge on any atom is -0.479 e. The fraction of sp³-hybridized carbons (Fsp3) is 0.562. The van der Waals surface area contributed by atoms with Crippen LogP contribution < -0.4 is 9.64 Å². The molecular weight excluding hydrogens is 399 g/mol. The second kappa shape index (κ2) is 7.55. The number of anilines is 1. The molecule has 25 heavy (non-hydrogen) atoms. The van der Waals surface area contributed by atoms with Crippen LogP contribution in [-0.4, -0.2) is 35.5 Å². The van der Waals surface area contributed by atoms with Gasteiger partial charge >= 0.3 is 12.2 Å². The van der Waals surface area contributed by atoms with Crippen molar-refractivity contribution >= 4 is 33.8 Å². The van der Waals surface area contributed by atoms with Crippen molar-refractivity contribution in [3.8, 4) is 5.88 Å². The Hall–Kier alpha value is -1.90. The molecule has 9 heteroatoms. The van der Waals surface area contributed by atoms with Gasteiger partial charge < -0.3 is 14.2 Å². The summed E-state index contributed by atoms with van der Waals surface area (Å²) >= 11 is 2.92. The predicted octanol–water partition coefficient (Wildman–Crippen LogP) is 4.67. The number of methoxy groups -OCH3 is 1. The number of imide groups is 1. The van der Waals surface area contributed by atoms with Gasteiger partial charge in [-0.3, -0.25) is 0 Å². The summed E-state index contributed by atoms with van der Waals surface area (Å²) in [6, 6.07) is 0.934. The fourth-order valence-electron chi connectivity index (χ4n) is 1.64. The van der Waals surface area contributed by atoms with E-state index in [1.807, 2.05) is 0 Å². The smallest absolute Gasteiger partial charge is 0.424 e. The van der Waals surface area contributed by atoms with Crippen LogP contribution >= 0.6 is 15.9 Å². The molecule has 0 aliphatic rings. The van der Waals surface area contributed by atoms with Crippen molar-refractivity contribution in [3.05, 3.63) is 16.5 Å². The first-order valence-corrected chi connectivity index (χ1v) is 8.20. The summed E-state index contributed by atoms with van der Waals surface area (Å²) in [4.78, 5) is 29.5. The molecule has 7 nitrogen and oxygen atoms in total. The van der Waals surface area contributed by atoms with E-state index < -0.39 is 29.2 Å². The normalized spacial score (nSPS) is 11.7. The van der Waals surface area contributed by atoms with Gasteiger partial charge in [0.25, 0.3) is 0 Å². The summed E-state index contributed by atoms with van der Waals surface area (Å²) in [7, 11) is 1.28. The molecule has 0 saturated heterocycles. The predicted molar refractivity (Wildman–Crippen MR) is 93.4 cm³/mol. The zero-order chi connectivity index (χ0) is 19.6. The second-order valence-corrected chi connectivity index (χ2v) is 7.84. The van der Waals surface area contributed by atoms with E-state index in [0.29, 0.717) is 4.90 Å². The molecule has 0 bridgehead atoms. The van der Waals surface area contributed by atoms with Gasteiger partial charge in [0.15, 0.2) is 5.82 Å². The Kier molecular flexibility index (Phi) is 6.39. The third-order valence-corrected chi connectivity index (χ3v) is 3.02. The van der Waals surface area contributed by atoms with Gasteiger partial charge in [-0.2, -0.15) is 4.90 Å². The molecule has 0 radical (unpaired) electrons. The number of aromatic nitrogens is 1. The Morgan fingerprint density at radius 3 is 1.88 bits per heavy atom. The van der Waals surface area contributed by atoms with Gasteiger partial charge in [-0.25, -0.2) is 19.0 Å². The first kappa shape index (κ1) is 21.1. The summed E-state index contributed by atoms with van der Waals surface area (Å²) < 4.78 is 29.4. The Balaban J connectivity index is 3.43. The van der Waals surface area contributed by atoms with Crippen LogP contribution in [0.2, 0.25) is 0 Å². The molecule has 1 rings (SSSR count). The summed E-state index contributed by atoms with van der Waals surface area (Å²) in [5.74, 6) is -0.932. The molecule has 0 spiro atoms. The zero-order valence-electron chi connectivity index (χ0n) is 15.3. The number of hydrogen-bond acceptors (Lipinski definition) is 6. The van der Waals surface area contributed by atoms with Gasteiger partial charge in [0.2, 0.25) is 5.88 Å². The lowest BCUT2D eigenvalue weighted by atomic mass is 10.2. The number of ether oxygens (including phenoxy) is 3. The average Bonchev–Trinajstić information content (AvgIpc) is 2.38. The molecular formula is C16H22BrFN2O5. The van der Waals surface area contributed by atoms with Crippen molar-refractivity contribution < 1.29 is 28.2 Å². The van der Waals surface area contributed by atoms with E-state index in [1.54, 1.807) is 41.5 Å². The van der Waals surface area contributed by atoms with Crippen LogP contribution in [0.4, 0.5) is 19.7 Å². The molecule has 1 aromatic rings. The zero-order valence-corrected chi connectivity index (χ0v) is 16.9. The van der Waals surface area contributed by atoms with Gasteiger partial charge in [-0.05, 0) is 57.5 Å². The Labute approximate surface area is 154 Å².